The van der Waals surface area contributed by atoms with Gasteiger partial charge in [-0.1, -0.05) is 101 Å². The van der Waals surface area contributed by atoms with Crippen LogP contribution in [0.25, 0.3) is 5.57 Å². The molecule has 0 aliphatic heterocycles. The summed E-state index contributed by atoms with van der Waals surface area (Å²) in [6.45, 7) is 16.3. The quantitative estimate of drug-likeness (QED) is 0.505. The zero-order valence-electron chi connectivity index (χ0n) is 15.3. The first kappa shape index (κ1) is 21.7. The Hall–Kier alpha value is -1.56. The molecule has 0 spiro atoms. The fourth-order valence-electron chi connectivity index (χ4n) is 1.84. The summed E-state index contributed by atoms with van der Waals surface area (Å²) < 4.78 is 0. The summed E-state index contributed by atoms with van der Waals surface area (Å²) in [5.41, 5.74) is 5.39. The van der Waals surface area contributed by atoms with Crippen LogP contribution in [0.1, 0.15) is 66.0 Å². The molecule has 1 aliphatic carbocycles. The van der Waals surface area contributed by atoms with E-state index in [0.29, 0.717) is 0 Å². The highest BCUT2D eigenvalue weighted by Gasteiger charge is 2.01. The van der Waals surface area contributed by atoms with Gasteiger partial charge in [-0.3, -0.25) is 0 Å². The Labute approximate surface area is 133 Å². The first-order valence-corrected chi connectivity index (χ1v) is 8.37. The molecule has 21 heavy (non-hydrogen) atoms. The van der Waals surface area contributed by atoms with Crippen LogP contribution < -0.4 is 0 Å². The van der Waals surface area contributed by atoms with Crippen LogP contribution in [0.2, 0.25) is 0 Å². The van der Waals surface area contributed by atoms with Crippen molar-refractivity contribution in [3.63, 3.8) is 0 Å². The largest absolute Gasteiger partial charge is 0.0801 e. The molecule has 0 aromatic heterocycles. The predicted molar refractivity (Wildman–Crippen MR) is 101 cm³/mol. The molecule has 0 fully saturated rings. The fourth-order valence-corrected chi connectivity index (χ4v) is 1.84. The molecule has 1 aromatic carbocycles. The van der Waals surface area contributed by atoms with E-state index in [1.807, 2.05) is 41.5 Å². The molecule has 118 valence electrons. The number of allylic oxidation sites excluding steroid dienone is 6. The van der Waals surface area contributed by atoms with Gasteiger partial charge in [0.05, 0.1) is 0 Å². The minimum absolute atomic E-state index is 1.03. The third-order valence-corrected chi connectivity index (χ3v) is 2.62. The fraction of sp³-hybridized carbons (Fsp3) is 0.429. The lowest BCUT2D eigenvalue weighted by atomic mass is 10.00. The topological polar surface area (TPSA) is 0 Å². The van der Waals surface area contributed by atoms with Crippen LogP contribution in [0.15, 0.2) is 54.1 Å². The lowest BCUT2D eigenvalue weighted by Crippen LogP contribution is -1.84. The third kappa shape index (κ3) is 9.07. The summed E-state index contributed by atoms with van der Waals surface area (Å²) in [4.78, 5) is 0. The van der Waals surface area contributed by atoms with Gasteiger partial charge in [0, 0.05) is 0 Å². The number of hydrogen-bond donors (Lipinski definition) is 0. The Morgan fingerprint density at radius 1 is 0.857 bits per heavy atom. The Morgan fingerprint density at radius 2 is 1.48 bits per heavy atom. The molecule has 0 atom stereocenters. The minimum Gasteiger partial charge on any atom is -0.0801 e. The monoisotopic (exact) mass is 286 g/mol. The van der Waals surface area contributed by atoms with Gasteiger partial charge in [0.1, 0.15) is 0 Å². The zero-order chi connectivity index (χ0) is 16.7. The smallest absolute Gasteiger partial charge is 0.00883 e. The van der Waals surface area contributed by atoms with E-state index in [-0.39, 0.29) is 0 Å². The third-order valence-electron chi connectivity index (χ3n) is 2.62. The van der Waals surface area contributed by atoms with E-state index in [9.17, 15) is 0 Å². The summed E-state index contributed by atoms with van der Waals surface area (Å²) >= 11 is 0. The lowest BCUT2D eigenvalue weighted by Gasteiger charge is -2.05. The van der Waals surface area contributed by atoms with Crippen molar-refractivity contribution in [2.45, 2.75) is 61.8 Å². The molecule has 0 radical (unpaired) electrons. The molecule has 0 unspecified atom stereocenters. The van der Waals surface area contributed by atoms with Crippen LogP contribution in [-0.2, 0) is 0 Å². The van der Waals surface area contributed by atoms with Gasteiger partial charge in [-0.2, -0.15) is 0 Å². The van der Waals surface area contributed by atoms with Crippen LogP contribution in [0.4, 0.5) is 0 Å². The number of rotatable bonds is 1. The second kappa shape index (κ2) is 14.8. The van der Waals surface area contributed by atoms with Gasteiger partial charge in [0.25, 0.3) is 0 Å². The molecule has 0 N–H and O–H groups in total. The molecule has 0 saturated heterocycles. The maximum absolute atomic E-state index is 2.27. The van der Waals surface area contributed by atoms with Crippen molar-refractivity contribution < 1.29 is 0 Å². The number of hydrogen-bond acceptors (Lipinski definition) is 0. The van der Waals surface area contributed by atoms with Crippen molar-refractivity contribution in [1.82, 2.24) is 0 Å². The van der Waals surface area contributed by atoms with Crippen molar-refractivity contribution in [2.75, 3.05) is 0 Å². The van der Waals surface area contributed by atoms with Crippen LogP contribution >= 0.6 is 0 Å². The van der Waals surface area contributed by atoms with E-state index >= 15 is 0 Å². The van der Waals surface area contributed by atoms with E-state index in [1.54, 1.807) is 0 Å². The van der Waals surface area contributed by atoms with Crippen molar-refractivity contribution in [1.29, 1.82) is 0 Å². The summed E-state index contributed by atoms with van der Waals surface area (Å²) in [6.07, 6.45) is 9.80. The molecular formula is C21H34. The Kier molecular flexibility index (Phi) is 15.4. The van der Waals surface area contributed by atoms with Crippen molar-refractivity contribution in [3.8, 4) is 0 Å². The van der Waals surface area contributed by atoms with Gasteiger partial charge in [-0.05, 0) is 31.4 Å². The Balaban J connectivity index is 0. The number of aryl methyl sites for hydroxylation is 1. The highest BCUT2D eigenvalue weighted by atomic mass is 14.1. The molecule has 0 amide bonds. The normalized spacial score (nSPS) is 12.0. The molecule has 0 bridgehead atoms. The second-order valence-corrected chi connectivity index (χ2v) is 4.08. The minimum atomic E-state index is 1.03. The van der Waals surface area contributed by atoms with Crippen LogP contribution in [0.3, 0.4) is 0 Å². The van der Waals surface area contributed by atoms with Crippen LogP contribution in [-0.4, -0.2) is 0 Å². The molecule has 0 saturated carbocycles. The Morgan fingerprint density at radius 3 is 2.05 bits per heavy atom. The summed E-state index contributed by atoms with van der Waals surface area (Å²) in [5, 5.41) is 0. The molecule has 0 heterocycles. The van der Waals surface area contributed by atoms with E-state index in [4.69, 9.17) is 0 Å². The van der Waals surface area contributed by atoms with Gasteiger partial charge in [-0.25, -0.2) is 0 Å². The lowest BCUT2D eigenvalue weighted by molar-refractivity contribution is 1.36. The van der Waals surface area contributed by atoms with E-state index < -0.39 is 0 Å². The van der Waals surface area contributed by atoms with Gasteiger partial charge >= 0.3 is 0 Å². The Bertz CT molecular complexity index is 445. The SMILES string of the molecule is CC.CC.CC.CC1=CC=CCC(c2cccc(C)c2)=C1. The summed E-state index contributed by atoms with van der Waals surface area (Å²) in [7, 11) is 0. The molecule has 0 heteroatoms. The highest BCUT2D eigenvalue weighted by Crippen LogP contribution is 2.23. The summed E-state index contributed by atoms with van der Waals surface area (Å²) in [5.74, 6) is 0. The number of benzene rings is 1. The van der Waals surface area contributed by atoms with Crippen molar-refractivity contribution in [3.05, 3.63) is 65.3 Å². The average Bonchev–Trinajstić information content (AvgIpc) is 2.78. The van der Waals surface area contributed by atoms with E-state index in [2.05, 4.69) is 62.4 Å². The van der Waals surface area contributed by atoms with Gasteiger partial charge in [-0.15, -0.1) is 0 Å². The second-order valence-electron chi connectivity index (χ2n) is 4.08. The van der Waals surface area contributed by atoms with Gasteiger partial charge in [0.2, 0.25) is 0 Å². The maximum atomic E-state index is 2.27. The average molecular weight is 287 g/mol. The molecule has 0 nitrogen and oxygen atoms in total. The maximum Gasteiger partial charge on any atom is -0.00883 e. The molecular weight excluding hydrogens is 252 g/mol. The molecule has 2 rings (SSSR count). The van der Waals surface area contributed by atoms with Crippen molar-refractivity contribution >= 4 is 5.57 Å². The summed E-state index contributed by atoms with van der Waals surface area (Å²) in [6, 6.07) is 8.70. The highest BCUT2D eigenvalue weighted by molar-refractivity contribution is 5.70. The van der Waals surface area contributed by atoms with Crippen LogP contribution in [0, 0.1) is 6.92 Å². The van der Waals surface area contributed by atoms with E-state index in [1.165, 1.54) is 22.3 Å². The van der Waals surface area contributed by atoms with Crippen LogP contribution in [0.5, 0.6) is 0 Å². The molecule has 1 aromatic rings. The predicted octanol–water partition coefficient (Wildman–Crippen LogP) is 7.36. The molecule has 1 aliphatic rings. The van der Waals surface area contributed by atoms with Gasteiger partial charge < -0.3 is 0 Å². The van der Waals surface area contributed by atoms with E-state index in [0.717, 1.165) is 6.42 Å². The zero-order valence-corrected chi connectivity index (χ0v) is 15.3. The van der Waals surface area contributed by atoms with Crippen molar-refractivity contribution in [2.24, 2.45) is 0 Å². The first-order valence-electron chi connectivity index (χ1n) is 8.37. The van der Waals surface area contributed by atoms with Gasteiger partial charge in [0.15, 0.2) is 0 Å². The first-order chi connectivity index (χ1) is 10.3. The standard InChI is InChI=1S/C15H16.3C2H6/c1-12-6-3-4-8-14(10-12)15-9-5-7-13(2)11-15;3*1-2/h3-7,9-11H,8H2,1-2H3;3*1-2H3.